The molecule has 1 unspecified atom stereocenters. The van der Waals surface area contributed by atoms with Crippen LogP contribution in [0.25, 0.3) is 0 Å². The van der Waals surface area contributed by atoms with Crippen LogP contribution in [0.15, 0.2) is 12.1 Å². The molecule has 0 aliphatic heterocycles. The van der Waals surface area contributed by atoms with Crippen molar-refractivity contribution >= 4 is 11.5 Å². The van der Waals surface area contributed by atoms with E-state index in [9.17, 15) is 0 Å². The molecule has 1 heterocycles. The minimum absolute atomic E-state index is 0.247. The number of hydrogen-bond acceptors (Lipinski definition) is 5. The van der Waals surface area contributed by atoms with Crippen LogP contribution in [0.3, 0.4) is 0 Å². The van der Waals surface area contributed by atoms with Crippen LogP contribution >= 0.6 is 11.5 Å². The van der Waals surface area contributed by atoms with E-state index >= 15 is 0 Å². The third-order valence-electron chi connectivity index (χ3n) is 3.39. The van der Waals surface area contributed by atoms with Gasteiger partial charge in [0.05, 0.1) is 23.7 Å². The molecule has 1 atom stereocenters. The van der Waals surface area contributed by atoms with Crippen molar-refractivity contribution < 1.29 is 4.74 Å². The number of aryl methyl sites for hydroxylation is 2. The number of nitrogens with zero attached hydrogens (tertiary/aromatic N) is 2. The lowest BCUT2D eigenvalue weighted by Gasteiger charge is -2.19. The van der Waals surface area contributed by atoms with Crippen LogP contribution in [-0.4, -0.2) is 16.7 Å². The minimum atomic E-state index is -0.247. The Kier molecular flexibility index (Phi) is 4.40. The second-order valence-electron chi connectivity index (χ2n) is 5.35. The molecule has 4 nitrogen and oxygen atoms in total. The number of methoxy groups -OCH3 is 1. The zero-order valence-electron chi connectivity index (χ0n) is 12.6. The van der Waals surface area contributed by atoms with Crippen molar-refractivity contribution in [1.29, 1.82) is 0 Å². The Morgan fingerprint density at radius 1 is 1.25 bits per heavy atom. The van der Waals surface area contributed by atoms with Crippen molar-refractivity contribution in [2.75, 3.05) is 7.11 Å². The van der Waals surface area contributed by atoms with E-state index in [1.54, 1.807) is 7.11 Å². The van der Waals surface area contributed by atoms with Gasteiger partial charge in [0.2, 0.25) is 0 Å². The van der Waals surface area contributed by atoms with Gasteiger partial charge in [-0.1, -0.05) is 24.4 Å². The zero-order chi connectivity index (χ0) is 14.9. The highest BCUT2D eigenvalue weighted by Gasteiger charge is 2.23. The Morgan fingerprint density at radius 2 is 1.95 bits per heavy atom. The maximum absolute atomic E-state index is 6.48. The quantitative estimate of drug-likeness (QED) is 0.938. The number of rotatable bonds is 4. The molecule has 0 aliphatic carbocycles. The highest BCUT2D eigenvalue weighted by molar-refractivity contribution is 7.05. The van der Waals surface area contributed by atoms with Crippen LogP contribution in [0.1, 0.15) is 53.1 Å². The largest absolute Gasteiger partial charge is 0.496 e. The smallest absolute Gasteiger partial charge is 0.124 e. The molecule has 0 bridgehead atoms. The average Bonchev–Trinajstić information content (AvgIpc) is 2.86. The van der Waals surface area contributed by atoms with Crippen LogP contribution in [0.2, 0.25) is 0 Å². The first-order valence-corrected chi connectivity index (χ1v) is 7.45. The molecule has 1 aromatic heterocycles. The molecule has 5 heteroatoms. The maximum Gasteiger partial charge on any atom is 0.124 e. The normalized spacial score (nSPS) is 12.8. The van der Waals surface area contributed by atoms with E-state index in [4.69, 9.17) is 10.5 Å². The summed E-state index contributed by atoms with van der Waals surface area (Å²) in [5.41, 5.74) is 10.8. The SMILES string of the molecule is COc1cc(C)cc(C)c1C(N)c1snnc1C(C)C. The van der Waals surface area contributed by atoms with Crippen LogP contribution in [0.5, 0.6) is 5.75 Å². The third-order valence-corrected chi connectivity index (χ3v) is 4.22. The van der Waals surface area contributed by atoms with Gasteiger partial charge in [0.15, 0.2) is 0 Å². The standard InChI is InChI=1S/C15H21N3OS/c1-8(2)14-15(20-18-17-14)13(16)12-10(4)6-9(3)7-11(12)19-5/h6-8,13H,16H2,1-5H3. The van der Waals surface area contributed by atoms with E-state index in [2.05, 4.69) is 43.3 Å². The van der Waals surface area contributed by atoms with Crippen LogP contribution in [0, 0.1) is 13.8 Å². The minimum Gasteiger partial charge on any atom is -0.496 e. The summed E-state index contributed by atoms with van der Waals surface area (Å²) < 4.78 is 9.57. The highest BCUT2D eigenvalue weighted by Crippen LogP contribution is 2.36. The Balaban J connectivity index is 2.53. The molecule has 108 valence electrons. The first-order valence-electron chi connectivity index (χ1n) is 6.68. The third kappa shape index (κ3) is 2.69. The molecule has 2 N–H and O–H groups in total. The summed E-state index contributed by atoms with van der Waals surface area (Å²) in [7, 11) is 1.68. The topological polar surface area (TPSA) is 61.0 Å². The Morgan fingerprint density at radius 3 is 2.55 bits per heavy atom. The summed E-state index contributed by atoms with van der Waals surface area (Å²) in [6.45, 7) is 8.32. The molecule has 1 aromatic carbocycles. The molecule has 2 aromatic rings. The van der Waals surface area contributed by atoms with Gasteiger partial charge >= 0.3 is 0 Å². The fourth-order valence-corrected chi connectivity index (χ4v) is 3.28. The van der Waals surface area contributed by atoms with Crippen molar-refractivity contribution in [3.05, 3.63) is 39.4 Å². The molecule has 0 aliphatic rings. The average molecular weight is 291 g/mol. The molecule has 0 fully saturated rings. The van der Waals surface area contributed by atoms with Gasteiger partial charge in [-0.05, 0) is 48.5 Å². The van der Waals surface area contributed by atoms with Crippen molar-refractivity contribution in [2.24, 2.45) is 5.73 Å². The molecule has 2 rings (SSSR count). The van der Waals surface area contributed by atoms with Gasteiger partial charge in [0.25, 0.3) is 0 Å². The molecule has 0 radical (unpaired) electrons. The number of nitrogens with two attached hydrogens (primary N) is 1. The summed E-state index contributed by atoms with van der Waals surface area (Å²) in [5, 5.41) is 4.21. The summed E-state index contributed by atoms with van der Waals surface area (Å²) in [6, 6.07) is 3.90. The number of ether oxygens (including phenoxy) is 1. The van der Waals surface area contributed by atoms with Crippen LogP contribution in [0.4, 0.5) is 0 Å². The van der Waals surface area contributed by atoms with Gasteiger partial charge in [-0.3, -0.25) is 0 Å². The summed E-state index contributed by atoms with van der Waals surface area (Å²) in [4.78, 5) is 1.02. The van der Waals surface area contributed by atoms with E-state index in [-0.39, 0.29) is 6.04 Å². The predicted octanol–water partition coefficient (Wildman–Crippen LogP) is 3.34. The molecule has 0 saturated carbocycles. The van der Waals surface area contributed by atoms with Gasteiger partial charge in [0, 0.05) is 5.56 Å². The second-order valence-corrected chi connectivity index (χ2v) is 6.14. The lowest BCUT2D eigenvalue weighted by Crippen LogP contribution is -2.15. The Bertz CT molecular complexity index is 607. The van der Waals surface area contributed by atoms with E-state index in [1.165, 1.54) is 17.1 Å². The summed E-state index contributed by atoms with van der Waals surface area (Å²) in [6.07, 6.45) is 0. The molecular formula is C15H21N3OS. The number of benzene rings is 1. The van der Waals surface area contributed by atoms with E-state index < -0.39 is 0 Å². The predicted molar refractivity (Wildman–Crippen MR) is 82.5 cm³/mol. The zero-order valence-corrected chi connectivity index (χ0v) is 13.4. The Hall–Kier alpha value is -1.46. The second kappa shape index (κ2) is 5.89. The fourth-order valence-electron chi connectivity index (χ4n) is 2.46. The van der Waals surface area contributed by atoms with Gasteiger partial charge in [-0.2, -0.15) is 0 Å². The lowest BCUT2D eigenvalue weighted by molar-refractivity contribution is 0.407. The van der Waals surface area contributed by atoms with Crippen molar-refractivity contribution in [2.45, 2.75) is 39.7 Å². The number of hydrogen-bond donors (Lipinski definition) is 1. The monoisotopic (exact) mass is 291 g/mol. The van der Waals surface area contributed by atoms with E-state index in [1.807, 2.05) is 6.07 Å². The van der Waals surface area contributed by atoms with Gasteiger partial charge in [-0.25, -0.2) is 0 Å². The molecule has 0 spiro atoms. The molecule has 0 saturated heterocycles. The summed E-state index contributed by atoms with van der Waals surface area (Å²) >= 11 is 1.37. The van der Waals surface area contributed by atoms with Gasteiger partial charge in [0.1, 0.15) is 5.75 Å². The summed E-state index contributed by atoms with van der Waals surface area (Å²) in [5.74, 6) is 1.14. The van der Waals surface area contributed by atoms with E-state index in [0.29, 0.717) is 5.92 Å². The van der Waals surface area contributed by atoms with Crippen molar-refractivity contribution in [3.8, 4) is 5.75 Å². The van der Waals surface area contributed by atoms with Crippen molar-refractivity contribution in [1.82, 2.24) is 9.59 Å². The molecular weight excluding hydrogens is 270 g/mol. The van der Waals surface area contributed by atoms with E-state index in [0.717, 1.165) is 27.4 Å². The first-order chi connectivity index (χ1) is 9.45. The fraction of sp³-hybridized carbons (Fsp3) is 0.467. The van der Waals surface area contributed by atoms with Crippen molar-refractivity contribution in [3.63, 3.8) is 0 Å². The maximum atomic E-state index is 6.48. The lowest BCUT2D eigenvalue weighted by atomic mass is 9.95. The van der Waals surface area contributed by atoms with Crippen LogP contribution in [-0.2, 0) is 0 Å². The number of aromatic nitrogens is 2. The molecule has 0 amide bonds. The van der Waals surface area contributed by atoms with Crippen LogP contribution < -0.4 is 10.5 Å². The van der Waals surface area contributed by atoms with Gasteiger partial charge in [-0.15, -0.1) is 5.10 Å². The molecule has 20 heavy (non-hydrogen) atoms. The Labute approximate surface area is 124 Å². The first kappa shape index (κ1) is 14.9. The van der Waals surface area contributed by atoms with Gasteiger partial charge < -0.3 is 10.5 Å². The highest BCUT2D eigenvalue weighted by atomic mass is 32.1.